The first kappa shape index (κ1) is 20.3. The van der Waals surface area contributed by atoms with E-state index in [1.54, 1.807) is 54.4 Å². The van der Waals surface area contributed by atoms with E-state index in [1.807, 2.05) is 0 Å². The van der Waals surface area contributed by atoms with Gasteiger partial charge in [0.15, 0.2) is 0 Å². The molecule has 0 radical (unpaired) electrons. The summed E-state index contributed by atoms with van der Waals surface area (Å²) in [5, 5.41) is 2.99. The maximum atomic E-state index is 12.7. The quantitative estimate of drug-likeness (QED) is 0.615. The fourth-order valence-corrected chi connectivity index (χ4v) is 3.08. The summed E-state index contributed by atoms with van der Waals surface area (Å²) in [6, 6.07) is 9.82. The predicted molar refractivity (Wildman–Crippen MR) is 105 cm³/mol. The van der Waals surface area contributed by atoms with Crippen LogP contribution in [0, 0.1) is 0 Å². The number of hydrogen-bond donors (Lipinski definition) is 1. The lowest BCUT2D eigenvalue weighted by Crippen LogP contribution is -2.46. The van der Waals surface area contributed by atoms with E-state index in [0.717, 1.165) is 0 Å². The van der Waals surface area contributed by atoms with Gasteiger partial charge in [0.2, 0.25) is 0 Å². The monoisotopic (exact) mass is 397 g/mol. The maximum absolute atomic E-state index is 12.7. The third kappa shape index (κ3) is 5.54. The number of piperidine rings is 1. The molecule has 8 nitrogen and oxygen atoms in total. The molecule has 29 heavy (non-hydrogen) atoms. The van der Waals surface area contributed by atoms with Crippen LogP contribution in [0.15, 0.2) is 48.8 Å². The van der Waals surface area contributed by atoms with Crippen molar-refractivity contribution in [2.24, 2.45) is 0 Å². The SMILES string of the molecule is CCOC(=O)Oc1ccc(C(=O)N2CCC(NC(=O)c3cccnc3)CC2)cc1. The number of carbonyl (C=O) groups is 3. The normalized spacial score (nSPS) is 14.2. The highest BCUT2D eigenvalue weighted by Gasteiger charge is 2.25. The maximum Gasteiger partial charge on any atom is 0.513 e. The Balaban J connectivity index is 1.49. The van der Waals surface area contributed by atoms with Gasteiger partial charge < -0.3 is 19.7 Å². The molecular formula is C21H23N3O5. The minimum Gasteiger partial charge on any atom is -0.434 e. The molecule has 0 spiro atoms. The summed E-state index contributed by atoms with van der Waals surface area (Å²) in [7, 11) is 0. The number of rotatable bonds is 5. The Morgan fingerprint density at radius 2 is 1.83 bits per heavy atom. The van der Waals surface area contributed by atoms with Gasteiger partial charge in [0, 0.05) is 37.1 Å². The van der Waals surface area contributed by atoms with Gasteiger partial charge in [-0.25, -0.2) is 4.79 Å². The Morgan fingerprint density at radius 1 is 1.10 bits per heavy atom. The molecular weight excluding hydrogens is 374 g/mol. The van der Waals surface area contributed by atoms with E-state index in [-0.39, 0.29) is 24.5 Å². The number of nitrogens with zero attached hydrogens (tertiary/aromatic N) is 2. The molecule has 1 aromatic heterocycles. The molecule has 0 saturated carbocycles. The number of ether oxygens (including phenoxy) is 2. The van der Waals surface area contributed by atoms with Crippen LogP contribution in [0.5, 0.6) is 5.75 Å². The molecule has 152 valence electrons. The number of pyridine rings is 1. The molecule has 0 atom stereocenters. The summed E-state index contributed by atoms with van der Waals surface area (Å²) in [5.74, 6) is 0.0709. The lowest BCUT2D eigenvalue weighted by atomic mass is 10.0. The van der Waals surface area contributed by atoms with E-state index in [4.69, 9.17) is 9.47 Å². The summed E-state index contributed by atoms with van der Waals surface area (Å²) in [4.78, 5) is 41.9. The average molecular weight is 397 g/mol. The summed E-state index contributed by atoms with van der Waals surface area (Å²) < 4.78 is 9.71. The molecule has 3 rings (SSSR count). The molecule has 0 unspecified atom stereocenters. The van der Waals surface area contributed by atoms with Crippen molar-refractivity contribution in [2.75, 3.05) is 19.7 Å². The summed E-state index contributed by atoms with van der Waals surface area (Å²) >= 11 is 0. The van der Waals surface area contributed by atoms with Crippen LogP contribution in [0.2, 0.25) is 0 Å². The first-order valence-electron chi connectivity index (χ1n) is 9.51. The Labute approximate surface area is 168 Å². The van der Waals surface area contributed by atoms with Crippen LogP contribution < -0.4 is 10.1 Å². The summed E-state index contributed by atoms with van der Waals surface area (Å²) in [6.07, 6.45) is 3.74. The number of hydrogen-bond acceptors (Lipinski definition) is 6. The molecule has 1 fully saturated rings. The molecule has 2 amide bonds. The lowest BCUT2D eigenvalue weighted by Gasteiger charge is -2.32. The van der Waals surface area contributed by atoms with Gasteiger partial charge in [0.25, 0.3) is 11.8 Å². The van der Waals surface area contributed by atoms with Gasteiger partial charge in [0.1, 0.15) is 5.75 Å². The smallest absolute Gasteiger partial charge is 0.434 e. The van der Waals surface area contributed by atoms with Crippen LogP contribution in [-0.4, -0.2) is 53.6 Å². The number of aromatic nitrogens is 1. The first-order chi connectivity index (χ1) is 14.1. The van der Waals surface area contributed by atoms with Crippen LogP contribution >= 0.6 is 0 Å². The standard InChI is InChI=1S/C21H23N3O5/c1-2-28-21(27)29-18-7-5-15(6-8-18)20(26)24-12-9-17(10-13-24)23-19(25)16-4-3-11-22-14-16/h3-8,11,14,17H,2,9-10,12-13H2,1H3,(H,23,25). The van der Waals surface area contributed by atoms with E-state index in [0.29, 0.717) is 42.8 Å². The highest BCUT2D eigenvalue weighted by molar-refractivity contribution is 5.95. The van der Waals surface area contributed by atoms with Gasteiger partial charge in [-0.15, -0.1) is 0 Å². The number of likely N-dealkylation sites (tertiary alicyclic amines) is 1. The van der Waals surface area contributed by atoms with E-state index < -0.39 is 6.16 Å². The number of benzene rings is 1. The van der Waals surface area contributed by atoms with Gasteiger partial charge in [-0.2, -0.15) is 0 Å². The van der Waals surface area contributed by atoms with Crippen LogP contribution in [0.3, 0.4) is 0 Å². The van der Waals surface area contributed by atoms with Crippen molar-refractivity contribution >= 4 is 18.0 Å². The minimum atomic E-state index is -0.776. The van der Waals surface area contributed by atoms with Crippen molar-refractivity contribution in [2.45, 2.75) is 25.8 Å². The molecule has 1 aliphatic heterocycles. The van der Waals surface area contributed by atoms with E-state index in [1.165, 1.54) is 6.20 Å². The van der Waals surface area contributed by atoms with Gasteiger partial charge in [-0.1, -0.05) is 0 Å². The second-order valence-corrected chi connectivity index (χ2v) is 6.59. The molecule has 2 heterocycles. The Morgan fingerprint density at radius 3 is 2.45 bits per heavy atom. The van der Waals surface area contributed by atoms with Gasteiger partial charge >= 0.3 is 6.16 Å². The Bertz CT molecular complexity index is 846. The largest absolute Gasteiger partial charge is 0.513 e. The highest BCUT2D eigenvalue weighted by atomic mass is 16.7. The van der Waals surface area contributed by atoms with Crippen LogP contribution in [0.4, 0.5) is 4.79 Å². The zero-order valence-electron chi connectivity index (χ0n) is 16.2. The number of amides is 2. The minimum absolute atomic E-state index is 0.0205. The van der Waals surface area contributed by atoms with Gasteiger partial charge in [0.05, 0.1) is 12.2 Å². The van der Waals surface area contributed by atoms with Crippen molar-refractivity contribution in [3.8, 4) is 5.75 Å². The molecule has 1 N–H and O–H groups in total. The zero-order chi connectivity index (χ0) is 20.6. The third-order valence-electron chi connectivity index (χ3n) is 4.61. The molecule has 2 aromatic rings. The highest BCUT2D eigenvalue weighted by Crippen LogP contribution is 2.18. The van der Waals surface area contributed by atoms with Gasteiger partial charge in [-0.05, 0) is 56.2 Å². The second kappa shape index (κ2) is 9.68. The van der Waals surface area contributed by atoms with Gasteiger partial charge in [-0.3, -0.25) is 14.6 Å². The predicted octanol–water partition coefficient (Wildman–Crippen LogP) is 2.65. The first-order valence-corrected chi connectivity index (χ1v) is 9.51. The molecule has 0 bridgehead atoms. The lowest BCUT2D eigenvalue weighted by molar-refractivity contribution is 0.0698. The van der Waals surface area contributed by atoms with Crippen molar-refractivity contribution in [3.63, 3.8) is 0 Å². The Hall–Kier alpha value is -3.42. The fraction of sp³-hybridized carbons (Fsp3) is 0.333. The molecule has 1 saturated heterocycles. The molecule has 1 aliphatic rings. The summed E-state index contributed by atoms with van der Waals surface area (Å²) in [5.41, 5.74) is 1.04. The van der Waals surface area contributed by atoms with E-state index in [9.17, 15) is 14.4 Å². The summed E-state index contributed by atoms with van der Waals surface area (Å²) in [6.45, 7) is 3.03. The topological polar surface area (TPSA) is 97.8 Å². The average Bonchev–Trinajstić information content (AvgIpc) is 2.75. The van der Waals surface area contributed by atoms with Crippen LogP contribution in [0.1, 0.15) is 40.5 Å². The second-order valence-electron chi connectivity index (χ2n) is 6.59. The Kier molecular flexibility index (Phi) is 6.78. The number of carbonyl (C=O) groups excluding carboxylic acids is 3. The van der Waals surface area contributed by atoms with Crippen molar-refractivity contribution in [1.82, 2.24) is 15.2 Å². The van der Waals surface area contributed by atoms with Crippen molar-refractivity contribution < 1.29 is 23.9 Å². The van der Waals surface area contributed by atoms with Crippen LogP contribution in [0.25, 0.3) is 0 Å². The van der Waals surface area contributed by atoms with Crippen molar-refractivity contribution in [1.29, 1.82) is 0 Å². The third-order valence-corrected chi connectivity index (χ3v) is 4.61. The molecule has 1 aromatic carbocycles. The fourth-order valence-electron chi connectivity index (χ4n) is 3.08. The van der Waals surface area contributed by atoms with E-state index >= 15 is 0 Å². The zero-order valence-corrected chi connectivity index (χ0v) is 16.2. The van der Waals surface area contributed by atoms with Crippen molar-refractivity contribution in [3.05, 3.63) is 59.9 Å². The van der Waals surface area contributed by atoms with E-state index in [2.05, 4.69) is 10.3 Å². The van der Waals surface area contributed by atoms with Crippen LogP contribution in [-0.2, 0) is 4.74 Å². The number of nitrogens with one attached hydrogen (secondary N) is 1. The molecule has 8 heteroatoms. The molecule has 0 aliphatic carbocycles.